The first kappa shape index (κ1) is 38.8. The number of ether oxygens (including phenoxy) is 8. The van der Waals surface area contributed by atoms with Crippen LogP contribution in [0.15, 0.2) is 73.3 Å². The molecule has 12 heteroatoms. The predicted molar refractivity (Wildman–Crippen MR) is 192 cm³/mol. The van der Waals surface area contributed by atoms with E-state index in [4.69, 9.17) is 39.3 Å². The Bertz CT molecular complexity index is 1370. The van der Waals surface area contributed by atoms with Crippen LogP contribution < -0.4 is 5.32 Å². The second-order valence-corrected chi connectivity index (χ2v) is 13.9. The number of amides is 1. The lowest BCUT2D eigenvalue weighted by Crippen LogP contribution is -2.66. The zero-order valence-corrected chi connectivity index (χ0v) is 30.5. The summed E-state index contributed by atoms with van der Waals surface area (Å²) < 4.78 is 57.7. The molecule has 288 valence electrons. The van der Waals surface area contributed by atoms with Crippen molar-refractivity contribution in [2.24, 2.45) is 11.8 Å². The third kappa shape index (κ3) is 10.6. The highest BCUT2D eigenvalue weighted by Gasteiger charge is 2.50. The van der Waals surface area contributed by atoms with Crippen molar-refractivity contribution in [2.75, 3.05) is 19.8 Å². The van der Waals surface area contributed by atoms with Gasteiger partial charge >= 0.3 is 6.09 Å². The molecule has 0 bridgehead atoms. The lowest BCUT2D eigenvalue weighted by Gasteiger charge is -2.48. The van der Waals surface area contributed by atoms with Gasteiger partial charge < -0.3 is 53.4 Å². The van der Waals surface area contributed by atoms with E-state index < -0.39 is 61.3 Å². The quantitative estimate of drug-likeness (QED) is 0.161. The molecule has 1 saturated carbocycles. The molecule has 2 aromatic carbocycles. The fourth-order valence-electron chi connectivity index (χ4n) is 7.08. The van der Waals surface area contributed by atoms with Crippen LogP contribution in [0.3, 0.4) is 0 Å². The Morgan fingerprint density at radius 2 is 1.58 bits per heavy atom. The number of aliphatic hydroxyl groups is 2. The first-order valence-corrected chi connectivity index (χ1v) is 18.4. The topological polar surface area (TPSA) is 143 Å². The van der Waals surface area contributed by atoms with Crippen molar-refractivity contribution in [3.63, 3.8) is 0 Å². The number of alkyl carbamates (subject to hydrolysis) is 1. The Morgan fingerprint density at radius 3 is 2.23 bits per heavy atom. The van der Waals surface area contributed by atoms with Crippen molar-refractivity contribution in [2.45, 2.75) is 128 Å². The van der Waals surface area contributed by atoms with Gasteiger partial charge in [0.15, 0.2) is 12.6 Å². The fourth-order valence-corrected chi connectivity index (χ4v) is 7.08. The van der Waals surface area contributed by atoms with Crippen LogP contribution in [0.1, 0.15) is 59.4 Å². The van der Waals surface area contributed by atoms with Crippen LogP contribution in [-0.2, 0) is 51.1 Å². The number of nitrogens with one attached hydrogen (secondary N) is 1. The summed E-state index contributed by atoms with van der Waals surface area (Å²) in [5.74, 6) is 0.0188. The monoisotopic (exact) mass is 729 g/mol. The van der Waals surface area contributed by atoms with Crippen LogP contribution >= 0.6 is 0 Å². The molecular formula is C40H57NO11. The fraction of sp³-hybridized carbons (Fsp3) is 0.625. The van der Waals surface area contributed by atoms with Crippen molar-refractivity contribution in [3.8, 4) is 0 Å². The maximum absolute atomic E-state index is 12.7. The largest absolute Gasteiger partial charge is 0.445 e. The first-order chi connectivity index (χ1) is 25.7. The Labute approximate surface area is 309 Å². The zero-order chi connectivity index (χ0) is 37.7. The number of rotatable bonds is 16. The van der Waals surface area contributed by atoms with Crippen LogP contribution in [-0.4, -0.2) is 104 Å². The zero-order valence-electron chi connectivity index (χ0n) is 31.5. The number of carbonyl (C=O) groups is 1. The number of hydrogen-bond donors (Lipinski definition) is 3. The molecule has 2 saturated heterocycles. The van der Waals surface area contributed by atoms with E-state index in [1.54, 1.807) is 0 Å². The molecule has 5 rings (SSSR count). The molecule has 2 aromatic rings. The van der Waals surface area contributed by atoms with Crippen LogP contribution in [0.25, 0.3) is 0 Å². The second-order valence-electron chi connectivity index (χ2n) is 13.9. The Hall–Kier alpha value is -2.91. The van der Waals surface area contributed by atoms with E-state index in [-0.39, 0.29) is 50.8 Å². The molecule has 13 atom stereocenters. The molecule has 3 fully saturated rings. The van der Waals surface area contributed by atoms with E-state index in [1.165, 1.54) is 6.08 Å². The lowest BCUT2D eigenvalue weighted by molar-refractivity contribution is -0.339. The summed E-state index contributed by atoms with van der Waals surface area (Å²) in [6.45, 7) is 10.5. The summed E-state index contributed by atoms with van der Waals surface area (Å²) in [6.07, 6.45) is -5.16. The summed E-state index contributed by atoms with van der Waals surface area (Å²) in [7, 11) is 0. The average molecular weight is 730 g/mol. The Kier molecular flexibility index (Phi) is 14.9. The standard InChI is InChI=1S/C40H57NO11/c1-6-21-46-40(44)41-32-34(43)33(42)31(24-45-7-2)51-38(32)50-30-20-14-15-25(3)35(30)52-39-37(48-23-29-18-12-9-13-19-29)36(26(4)27(5)49-39)47-22-28-16-10-8-11-17-28/h6,8-13,16-19,25-27,30-39,42-43H,1,7,14-15,20-24H2,2-5H3,(H,41,44)/t25?,26-,27?,30-,31+,32?,33+,34?,35-,36+,37?,38-,39+/m1/s1/i2T. The van der Waals surface area contributed by atoms with E-state index in [9.17, 15) is 15.0 Å². The highest BCUT2D eigenvalue weighted by Crippen LogP contribution is 2.38. The number of hydrogen-bond acceptors (Lipinski definition) is 11. The van der Waals surface area contributed by atoms with Crippen molar-refractivity contribution in [1.29, 1.82) is 0 Å². The van der Waals surface area contributed by atoms with Gasteiger partial charge in [0.05, 0.1) is 44.2 Å². The molecule has 2 aliphatic heterocycles. The van der Waals surface area contributed by atoms with Crippen molar-refractivity contribution in [3.05, 3.63) is 84.4 Å². The minimum atomic E-state index is -1.47. The molecule has 1 amide bonds. The summed E-state index contributed by atoms with van der Waals surface area (Å²) in [5, 5.41) is 24.8. The van der Waals surface area contributed by atoms with Crippen molar-refractivity contribution >= 4 is 6.09 Å². The third-order valence-electron chi connectivity index (χ3n) is 10.2. The Morgan fingerprint density at radius 1 is 0.904 bits per heavy atom. The van der Waals surface area contributed by atoms with E-state index in [0.717, 1.165) is 24.0 Å². The van der Waals surface area contributed by atoms with Crippen molar-refractivity contribution in [1.82, 2.24) is 5.32 Å². The maximum atomic E-state index is 12.7. The molecule has 0 spiro atoms. The smallest absolute Gasteiger partial charge is 0.407 e. The second kappa shape index (κ2) is 20.0. The Balaban J connectivity index is 1.38. The summed E-state index contributed by atoms with van der Waals surface area (Å²) in [6, 6.07) is 18.8. The van der Waals surface area contributed by atoms with Gasteiger partial charge in [-0.2, -0.15) is 0 Å². The molecule has 12 nitrogen and oxygen atoms in total. The van der Waals surface area contributed by atoms with E-state index in [2.05, 4.69) is 25.7 Å². The first-order valence-electron chi connectivity index (χ1n) is 19.1. The highest BCUT2D eigenvalue weighted by atomic mass is 16.7. The summed E-state index contributed by atoms with van der Waals surface area (Å²) >= 11 is 0. The van der Waals surface area contributed by atoms with Gasteiger partial charge in [0.1, 0.15) is 37.1 Å². The lowest BCUT2D eigenvalue weighted by atomic mass is 9.85. The van der Waals surface area contributed by atoms with Gasteiger partial charge in [-0.1, -0.05) is 93.6 Å². The van der Waals surface area contributed by atoms with Crippen LogP contribution in [0.2, 0.25) is 0 Å². The van der Waals surface area contributed by atoms with E-state index >= 15 is 0 Å². The van der Waals surface area contributed by atoms with Gasteiger partial charge in [0.2, 0.25) is 0 Å². The molecule has 2 heterocycles. The molecule has 3 N–H and O–H groups in total. The minimum absolute atomic E-state index is 0.0133. The van der Waals surface area contributed by atoms with Crippen LogP contribution in [0, 0.1) is 11.8 Å². The highest BCUT2D eigenvalue weighted by molar-refractivity contribution is 5.67. The number of carbonyl (C=O) groups excluding carboxylic acids is 1. The molecule has 5 unspecified atom stereocenters. The van der Waals surface area contributed by atoms with Gasteiger partial charge in [-0.05, 0) is 43.7 Å². The molecule has 0 radical (unpaired) electrons. The third-order valence-corrected chi connectivity index (χ3v) is 10.2. The van der Waals surface area contributed by atoms with Gasteiger partial charge in [0, 0.05) is 13.9 Å². The molecule has 1 aliphatic carbocycles. The van der Waals surface area contributed by atoms with Gasteiger partial charge in [0.25, 0.3) is 0 Å². The summed E-state index contributed by atoms with van der Waals surface area (Å²) in [5.41, 5.74) is 2.06. The SMILES string of the molecule is [3H]CCOC[C@@H]1O[C@@H](O[C@@H]2CCCC(C)[C@H]2O[C@@H]2OC(C)[C@@H](C)[C@H](OCc3ccccc3)C2OCc2ccccc2)C(NC(=O)OCC=C)C(O)[C@H]1O. The molecular weight excluding hydrogens is 670 g/mol. The molecule has 52 heavy (non-hydrogen) atoms. The van der Waals surface area contributed by atoms with Crippen molar-refractivity contribution < 1.29 is 54.3 Å². The normalized spacial score (nSPS) is 35.3. The van der Waals surface area contributed by atoms with Gasteiger partial charge in [-0.25, -0.2) is 4.79 Å². The molecule has 0 aromatic heterocycles. The average Bonchev–Trinajstić information content (AvgIpc) is 3.16. The van der Waals surface area contributed by atoms with Crippen LogP contribution in [0.5, 0.6) is 0 Å². The molecule has 3 aliphatic rings. The number of benzene rings is 2. The predicted octanol–water partition coefficient (Wildman–Crippen LogP) is 4.89. The summed E-state index contributed by atoms with van der Waals surface area (Å²) in [4.78, 5) is 12.7. The number of aliphatic hydroxyl groups excluding tert-OH is 2. The van der Waals surface area contributed by atoms with Gasteiger partial charge in [-0.15, -0.1) is 0 Å². The van der Waals surface area contributed by atoms with Crippen LogP contribution in [0.4, 0.5) is 4.79 Å². The van der Waals surface area contributed by atoms with Gasteiger partial charge in [-0.3, -0.25) is 0 Å². The van der Waals surface area contributed by atoms with E-state index in [0.29, 0.717) is 19.6 Å². The van der Waals surface area contributed by atoms with E-state index in [1.807, 2.05) is 67.6 Å². The minimum Gasteiger partial charge on any atom is -0.445 e. The maximum Gasteiger partial charge on any atom is 0.407 e.